The van der Waals surface area contributed by atoms with Gasteiger partial charge in [0.05, 0.1) is 30.5 Å². The molecule has 0 fully saturated rings. The predicted molar refractivity (Wildman–Crippen MR) is 101 cm³/mol. The molecule has 0 aliphatic carbocycles. The maximum atomic E-state index is 13.2. The van der Waals surface area contributed by atoms with Crippen LogP contribution in [0, 0.1) is 5.82 Å². The number of hydrogen-bond donors (Lipinski definition) is 2. The smallest absolute Gasteiger partial charge is 0.392 e. The molecule has 1 unspecified atom stereocenters. The number of rotatable bonds is 6. The SMILES string of the molecule is CC(C(=O)NCc1cc(C(F)(F)F)nn1-c1ccc(F)cc1)c1cccc(CO)c1. The summed E-state index contributed by atoms with van der Waals surface area (Å²) in [6.45, 7) is 1.28. The average Bonchev–Trinajstić information content (AvgIpc) is 3.17. The van der Waals surface area contributed by atoms with Crippen molar-refractivity contribution >= 4 is 5.91 Å². The van der Waals surface area contributed by atoms with Crippen molar-refractivity contribution in [1.82, 2.24) is 15.1 Å². The second-order valence-corrected chi connectivity index (χ2v) is 6.75. The van der Waals surface area contributed by atoms with Gasteiger partial charge in [0.1, 0.15) is 5.82 Å². The van der Waals surface area contributed by atoms with Gasteiger partial charge in [-0.15, -0.1) is 0 Å². The third-order valence-electron chi connectivity index (χ3n) is 4.62. The molecule has 0 spiro atoms. The molecular formula is C21H19F4N3O2. The number of aliphatic hydroxyl groups is 1. The van der Waals surface area contributed by atoms with Gasteiger partial charge in [0, 0.05) is 0 Å². The van der Waals surface area contributed by atoms with Gasteiger partial charge in [-0.3, -0.25) is 4.79 Å². The van der Waals surface area contributed by atoms with Crippen LogP contribution in [0.2, 0.25) is 0 Å². The van der Waals surface area contributed by atoms with E-state index in [1.807, 2.05) is 0 Å². The van der Waals surface area contributed by atoms with Crippen LogP contribution in [0.3, 0.4) is 0 Å². The number of amides is 1. The van der Waals surface area contributed by atoms with E-state index in [-0.39, 0.29) is 24.5 Å². The van der Waals surface area contributed by atoms with Crippen LogP contribution in [-0.4, -0.2) is 20.8 Å². The number of hydrogen-bond acceptors (Lipinski definition) is 3. The number of carbonyl (C=O) groups is 1. The third kappa shape index (κ3) is 4.85. The summed E-state index contributed by atoms with van der Waals surface area (Å²) >= 11 is 0. The van der Waals surface area contributed by atoms with Crippen LogP contribution in [-0.2, 0) is 24.1 Å². The molecule has 1 heterocycles. The number of aromatic nitrogens is 2. The normalized spacial score (nSPS) is 12.6. The van der Waals surface area contributed by atoms with Crippen LogP contribution in [0.5, 0.6) is 0 Å². The molecule has 9 heteroatoms. The molecule has 5 nitrogen and oxygen atoms in total. The molecule has 158 valence electrons. The van der Waals surface area contributed by atoms with Crippen molar-refractivity contribution in [1.29, 1.82) is 0 Å². The van der Waals surface area contributed by atoms with Crippen LogP contribution >= 0.6 is 0 Å². The zero-order chi connectivity index (χ0) is 21.9. The predicted octanol–water partition coefficient (Wildman–Crippen LogP) is 3.94. The van der Waals surface area contributed by atoms with Crippen molar-refractivity contribution in [2.45, 2.75) is 32.2 Å². The first-order valence-electron chi connectivity index (χ1n) is 9.08. The summed E-state index contributed by atoms with van der Waals surface area (Å²) in [4.78, 5) is 12.5. The highest BCUT2D eigenvalue weighted by Gasteiger charge is 2.35. The molecule has 0 bridgehead atoms. The molecule has 0 aliphatic rings. The van der Waals surface area contributed by atoms with Crippen molar-refractivity contribution < 1.29 is 27.5 Å². The van der Waals surface area contributed by atoms with Crippen LogP contribution in [0.25, 0.3) is 5.69 Å². The van der Waals surface area contributed by atoms with E-state index in [4.69, 9.17) is 0 Å². The number of carbonyl (C=O) groups excluding carboxylic acids is 1. The molecule has 3 aromatic rings. The molecule has 1 atom stereocenters. The monoisotopic (exact) mass is 421 g/mol. The van der Waals surface area contributed by atoms with Gasteiger partial charge >= 0.3 is 6.18 Å². The molecule has 0 saturated heterocycles. The molecule has 2 N–H and O–H groups in total. The Morgan fingerprint density at radius 1 is 1.17 bits per heavy atom. The molecular weight excluding hydrogens is 402 g/mol. The fraction of sp³-hybridized carbons (Fsp3) is 0.238. The van der Waals surface area contributed by atoms with E-state index in [1.54, 1.807) is 31.2 Å². The Morgan fingerprint density at radius 2 is 1.87 bits per heavy atom. The van der Waals surface area contributed by atoms with Crippen molar-refractivity contribution in [2.24, 2.45) is 0 Å². The lowest BCUT2D eigenvalue weighted by molar-refractivity contribution is -0.141. The summed E-state index contributed by atoms with van der Waals surface area (Å²) in [7, 11) is 0. The lowest BCUT2D eigenvalue weighted by Crippen LogP contribution is -2.28. The zero-order valence-corrected chi connectivity index (χ0v) is 15.9. The number of nitrogens with zero attached hydrogens (tertiary/aromatic N) is 2. The standard InChI is InChI=1S/C21H19F4N3O2/c1-13(15-4-2-3-14(9-15)12-29)20(30)26-11-18-10-19(21(23,24)25)27-28(18)17-7-5-16(22)6-8-17/h2-10,13,29H,11-12H2,1H3,(H,26,30). The Kier molecular flexibility index (Phi) is 6.21. The Balaban J connectivity index is 1.82. The summed E-state index contributed by atoms with van der Waals surface area (Å²) in [5.41, 5.74) is 0.539. The maximum absolute atomic E-state index is 13.2. The van der Waals surface area contributed by atoms with Gasteiger partial charge in [0.25, 0.3) is 0 Å². The van der Waals surface area contributed by atoms with Gasteiger partial charge in [0.2, 0.25) is 5.91 Å². The lowest BCUT2D eigenvalue weighted by atomic mass is 9.98. The minimum Gasteiger partial charge on any atom is -0.392 e. The number of alkyl halides is 3. The fourth-order valence-electron chi connectivity index (χ4n) is 2.93. The topological polar surface area (TPSA) is 67.2 Å². The van der Waals surface area contributed by atoms with Gasteiger partial charge < -0.3 is 10.4 Å². The molecule has 3 rings (SSSR count). The Labute approximate surface area is 170 Å². The first kappa shape index (κ1) is 21.5. The van der Waals surface area contributed by atoms with Gasteiger partial charge in [-0.05, 0) is 48.4 Å². The number of nitrogens with one attached hydrogen (secondary N) is 1. The van der Waals surface area contributed by atoms with E-state index in [0.717, 1.165) is 22.9 Å². The first-order chi connectivity index (χ1) is 14.2. The van der Waals surface area contributed by atoms with E-state index < -0.39 is 29.5 Å². The largest absolute Gasteiger partial charge is 0.435 e. The Morgan fingerprint density at radius 3 is 2.50 bits per heavy atom. The lowest BCUT2D eigenvalue weighted by Gasteiger charge is -2.14. The number of aliphatic hydroxyl groups excluding tert-OH is 1. The van der Waals surface area contributed by atoms with Crippen molar-refractivity contribution in [2.75, 3.05) is 0 Å². The van der Waals surface area contributed by atoms with Gasteiger partial charge in [-0.2, -0.15) is 18.3 Å². The molecule has 1 amide bonds. The molecule has 0 saturated carbocycles. The molecule has 0 radical (unpaired) electrons. The first-order valence-corrected chi connectivity index (χ1v) is 9.08. The van der Waals surface area contributed by atoms with Gasteiger partial charge in [-0.25, -0.2) is 9.07 Å². The van der Waals surface area contributed by atoms with E-state index in [2.05, 4.69) is 10.4 Å². The summed E-state index contributed by atoms with van der Waals surface area (Å²) in [5, 5.41) is 15.4. The van der Waals surface area contributed by atoms with Crippen molar-refractivity contribution in [3.8, 4) is 5.69 Å². The summed E-state index contributed by atoms with van der Waals surface area (Å²) in [5.74, 6) is -1.51. The van der Waals surface area contributed by atoms with E-state index >= 15 is 0 Å². The molecule has 0 aliphatic heterocycles. The fourth-order valence-corrected chi connectivity index (χ4v) is 2.93. The minimum absolute atomic E-state index is 0.0959. The average molecular weight is 421 g/mol. The van der Waals surface area contributed by atoms with Crippen molar-refractivity contribution in [3.63, 3.8) is 0 Å². The number of benzene rings is 2. The van der Waals surface area contributed by atoms with E-state index in [9.17, 15) is 27.5 Å². The van der Waals surface area contributed by atoms with E-state index in [0.29, 0.717) is 11.1 Å². The highest BCUT2D eigenvalue weighted by Crippen LogP contribution is 2.29. The Hall–Kier alpha value is -3.20. The highest BCUT2D eigenvalue weighted by molar-refractivity contribution is 5.83. The Bertz CT molecular complexity index is 1030. The van der Waals surface area contributed by atoms with Crippen LogP contribution in [0.15, 0.2) is 54.6 Å². The summed E-state index contributed by atoms with van der Waals surface area (Å²) < 4.78 is 53.6. The summed E-state index contributed by atoms with van der Waals surface area (Å²) in [6, 6.07) is 12.5. The second-order valence-electron chi connectivity index (χ2n) is 6.75. The van der Waals surface area contributed by atoms with Crippen LogP contribution in [0.4, 0.5) is 17.6 Å². The van der Waals surface area contributed by atoms with Crippen LogP contribution < -0.4 is 5.32 Å². The molecule has 1 aromatic heterocycles. The van der Waals surface area contributed by atoms with E-state index in [1.165, 1.54) is 12.1 Å². The van der Waals surface area contributed by atoms with Crippen molar-refractivity contribution in [3.05, 3.63) is 82.9 Å². The molecule has 30 heavy (non-hydrogen) atoms. The second kappa shape index (κ2) is 8.66. The highest BCUT2D eigenvalue weighted by atomic mass is 19.4. The summed E-state index contributed by atoms with van der Waals surface area (Å²) in [6.07, 6.45) is -4.66. The number of halogens is 4. The quantitative estimate of drug-likeness (QED) is 0.593. The van der Waals surface area contributed by atoms with Crippen LogP contribution in [0.1, 0.15) is 35.4 Å². The maximum Gasteiger partial charge on any atom is 0.435 e. The minimum atomic E-state index is -4.66. The van der Waals surface area contributed by atoms with Gasteiger partial charge in [0.15, 0.2) is 5.69 Å². The van der Waals surface area contributed by atoms with Gasteiger partial charge in [-0.1, -0.05) is 24.3 Å². The molecule has 2 aromatic carbocycles. The zero-order valence-electron chi connectivity index (χ0n) is 15.9. The third-order valence-corrected chi connectivity index (χ3v) is 4.62.